The molecule has 0 aliphatic carbocycles. The zero-order valence-corrected chi connectivity index (χ0v) is 24.6. The molecule has 0 spiro atoms. The maximum atomic E-state index is 14.0. The van der Waals surface area contributed by atoms with Crippen molar-refractivity contribution >= 4 is 39.1 Å². The molecule has 9 heteroatoms. The Morgan fingerprint density at radius 3 is 2.08 bits per heavy atom. The lowest BCUT2D eigenvalue weighted by Gasteiger charge is -2.33. The predicted octanol–water partition coefficient (Wildman–Crippen LogP) is 5.40. The molecule has 0 saturated heterocycles. The molecule has 0 unspecified atom stereocenters. The average molecular weight is 570 g/mol. The first-order chi connectivity index (χ1) is 18.5. The Morgan fingerprint density at radius 2 is 1.51 bits per heavy atom. The highest BCUT2D eigenvalue weighted by atomic mass is 35.5. The maximum Gasteiger partial charge on any atom is 0.264 e. The fraction of sp³-hybridized carbons (Fsp3) is 0.333. The number of likely N-dealkylation sites (N-methyl/N-ethyl adjacent to an activating group) is 1. The number of halogens is 1. The van der Waals surface area contributed by atoms with Crippen LogP contribution >= 0.6 is 11.6 Å². The van der Waals surface area contributed by atoms with Gasteiger partial charge in [-0.3, -0.25) is 13.9 Å². The number of rotatable bonds is 11. The number of benzene rings is 3. The zero-order valence-electron chi connectivity index (χ0n) is 23.1. The van der Waals surface area contributed by atoms with Crippen LogP contribution in [-0.4, -0.2) is 44.3 Å². The minimum atomic E-state index is -4.11. The molecule has 39 heavy (non-hydrogen) atoms. The van der Waals surface area contributed by atoms with Gasteiger partial charge in [0.15, 0.2) is 0 Å². The van der Waals surface area contributed by atoms with Gasteiger partial charge in [-0.25, -0.2) is 8.42 Å². The minimum Gasteiger partial charge on any atom is -0.355 e. The Bertz CT molecular complexity index is 1410. The van der Waals surface area contributed by atoms with E-state index in [0.29, 0.717) is 23.7 Å². The third-order valence-corrected chi connectivity index (χ3v) is 8.54. The van der Waals surface area contributed by atoms with Gasteiger partial charge in [-0.2, -0.15) is 0 Å². The number of nitrogens with one attached hydrogen (secondary N) is 1. The summed E-state index contributed by atoms with van der Waals surface area (Å²) in [4.78, 5) is 28.6. The summed E-state index contributed by atoms with van der Waals surface area (Å²) in [6, 6.07) is 18.2. The third-order valence-electron chi connectivity index (χ3n) is 6.51. The SMILES string of the molecule is CCNC(=O)[C@H](CC)N(Cc1ccc(Cl)cc1)C(=O)CN(c1ccc(C)cc1C)S(=O)(=O)c1ccc(C)cc1. The predicted molar refractivity (Wildman–Crippen MR) is 156 cm³/mol. The van der Waals surface area contributed by atoms with Crippen LogP contribution in [0.2, 0.25) is 5.02 Å². The van der Waals surface area contributed by atoms with Gasteiger partial charge in [0, 0.05) is 18.1 Å². The molecule has 3 aromatic rings. The Hall–Kier alpha value is -3.36. The fourth-order valence-electron chi connectivity index (χ4n) is 4.43. The normalized spacial score (nSPS) is 12.1. The quantitative estimate of drug-likeness (QED) is 0.335. The monoisotopic (exact) mass is 569 g/mol. The second kappa shape index (κ2) is 13.1. The number of carbonyl (C=O) groups is 2. The molecule has 1 N–H and O–H groups in total. The van der Waals surface area contributed by atoms with E-state index in [1.807, 2.05) is 46.8 Å². The first kappa shape index (κ1) is 30.2. The topological polar surface area (TPSA) is 86.8 Å². The van der Waals surface area contributed by atoms with Gasteiger partial charge in [-0.15, -0.1) is 0 Å². The first-order valence-corrected chi connectivity index (χ1v) is 14.8. The third kappa shape index (κ3) is 7.40. The summed E-state index contributed by atoms with van der Waals surface area (Å²) in [7, 11) is -4.11. The molecule has 3 aromatic carbocycles. The zero-order chi connectivity index (χ0) is 28.7. The largest absolute Gasteiger partial charge is 0.355 e. The summed E-state index contributed by atoms with van der Waals surface area (Å²) in [5.41, 5.74) is 3.80. The van der Waals surface area contributed by atoms with E-state index in [1.165, 1.54) is 4.90 Å². The number of sulfonamides is 1. The second-order valence-corrected chi connectivity index (χ2v) is 11.9. The number of nitrogens with zero attached hydrogens (tertiary/aromatic N) is 2. The van der Waals surface area contributed by atoms with Crippen molar-refractivity contribution in [2.24, 2.45) is 0 Å². The van der Waals surface area contributed by atoms with Crippen molar-refractivity contribution in [2.45, 2.75) is 58.5 Å². The van der Waals surface area contributed by atoms with Gasteiger partial charge < -0.3 is 10.2 Å². The van der Waals surface area contributed by atoms with Crippen molar-refractivity contribution in [1.82, 2.24) is 10.2 Å². The second-order valence-electron chi connectivity index (χ2n) is 9.58. The molecule has 0 fully saturated rings. The van der Waals surface area contributed by atoms with Crippen LogP contribution in [0.1, 0.15) is 42.5 Å². The van der Waals surface area contributed by atoms with Crippen LogP contribution in [0.15, 0.2) is 71.6 Å². The van der Waals surface area contributed by atoms with Gasteiger partial charge in [0.2, 0.25) is 11.8 Å². The van der Waals surface area contributed by atoms with E-state index < -0.39 is 28.5 Å². The number of carbonyl (C=O) groups excluding carboxylic acids is 2. The molecule has 0 aliphatic heterocycles. The van der Waals surface area contributed by atoms with Gasteiger partial charge in [-0.05, 0) is 75.6 Å². The first-order valence-electron chi connectivity index (χ1n) is 13.0. The summed E-state index contributed by atoms with van der Waals surface area (Å²) in [5.74, 6) is -0.777. The van der Waals surface area contributed by atoms with E-state index in [0.717, 1.165) is 26.6 Å². The molecule has 0 aliphatic rings. The van der Waals surface area contributed by atoms with Crippen molar-refractivity contribution < 1.29 is 18.0 Å². The molecule has 0 heterocycles. The molecule has 3 rings (SSSR count). The van der Waals surface area contributed by atoms with E-state index in [9.17, 15) is 18.0 Å². The lowest BCUT2D eigenvalue weighted by atomic mass is 10.1. The highest BCUT2D eigenvalue weighted by Gasteiger charge is 2.34. The summed E-state index contributed by atoms with van der Waals surface area (Å²) in [6.45, 7) is 9.32. The van der Waals surface area contributed by atoms with E-state index >= 15 is 0 Å². The minimum absolute atomic E-state index is 0.0842. The molecular weight excluding hydrogens is 534 g/mol. The molecule has 1 atom stereocenters. The van der Waals surface area contributed by atoms with Crippen LogP contribution in [0.5, 0.6) is 0 Å². The van der Waals surface area contributed by atoms with Crippen LogP contribution in [-0.2, 0) is 26.2 Å². The van der Waals surface area contributed by atoms with Crippen molar-refractivity contribution in [3.8, 4) is 0 Å². The van der Waals surface area contributed by atoms with Crippen LogP contribution in [0.25, 0.3) is 0 Å². The van der Waals surface area contributed by atoms with Crippen molar-refractivity contribution in [1.29, 1.82) is 0 Å². The summed E-state index contributed by atoms with van der Waals surface area (Å²) >= 11 is 6.05. The Kier molecular flexibility index (Phi) is 10.2. The van der Waals surface area contributed by atoms with Crippen molar-refractivity contribution in [2.75, 3.05) is 17.4 Å². The highest BCUT2D eigenvalue weighted by Crippen LogP contribution is 2.28. The highest BCUT2D eigenvalue weighted by molar-refractivity contribution is 7.92. The molecule has 0 bridgehead atoms. The van der Waals surface area contributed by atoms with Gasteiger partial charge in [0.1, 0.15) is 12.6 Å². The van der Waals surface area contributed by atoms with E-state index in [4.69, 9.17) is 11.6 Å². The summed E-state index contributed by atoms with van der Waals surface area (Å²) in [6.07, 6.45) is 0.361. The number of aryl methyl sites for hydroxylation is 3. The number of hydrogen-bond acceptors (Lipinski definition) is 4. The van der Waals surface area contributed by atoms with E-state index in [1.54, 1.807) is 54.6 Å². The summed E-state index contributed by atoms with van der Waals surface area (Å²) in [5, 5.41) is 3.36. The van der Waals surface area contributed by atoms with Gasteiger partial charge in [0.25, 0.3) is 10.0 Å². The maximum absolute atomic E-state index is 14.0. The Labute approximate surface area is 236 Å². The average Bonchev–Trinajstić information content (AvgIpc) is 2.89. The van der Waals surface area contributed by atoms with Crippen LogP contribution in [0.4, 0.5) is 5.69 Å². The number of anilines is 1. The fourth-order valence-corrected chi connectivity index (χ4v) is 6.04. The van der Waals surface area contributed by atoms with Crippen molar-refractivity contribution in [3.63, 3.8) is 0 Å². The van der Waals surface area contributed by atoms with E-state index in [2.05, 4.69) is 5.32 Å². The molecule has 208 valence electrons. The Balaban J connectivity index is 2.09. The Morgan fingerprint density at radius 1 is 0.897 bits per heavy atom. The molecule has 0 radical (unpaired) electrons. The van der Waals surface area contributed by atoms with Crippen LogP contribution < -0.4 is 9.62 Å². The van der Waals surface area contributed by atoms with Crippen molar-refractivity contribution in [3.05, 3.63) is 94.0 Å². The number of hydrogen-bond donors (Lipinski definition) is 1. The standard InChI is InChI=1S/C30H36ClN3O4S/c1-6-27(30(36)32-7-2)33(19-24-11-13-25(31)14-12-24)29(35)20-34(28-17-10-22(4)18-23(28)5)39(37,38)26-15-8-21(3)9-16-26/h8-18,27H,6-7,19-20H2,1-5H3,(H,32,36)/t27-/m0/s1. The summed E-state index contributed by atoms with van der Waals surface area (Å²) < 4.78 is 29.1. The van der Waals surface area contributed by atoms with Gasteiger partial charge in [-0.1, -0.05) is 66.0 Å². The molecular formula is C30H36ClN3O4S. The van der Waals surface area contributed by atoms with Crippen LogP contribution in [0, 0.1) is 20.8 Å². The lowest BCUT2D eigenvalue weighted by Crippen LogP contribution is -2.52. The van der Waals surface area contributed by atoms with Crippen LogP contribution in [0.3, 0.4) is 0 Å². The van der Waals surface area contributed by atoms with Gasteiger partial charge >= 0.3 is 0 Å². The molecule has 7 nitrogen and oxygen atoms in total. The smallest absolute Gasteiger partial charge is 0.264 e. The molecule has 0 aromatic heterocycles. The van der Waals surface area contributed by atoms with Gasteiger partial charge in [0.05, 0.1) is 10.6 Å². The lowest BCUT2D eigenvalue weighted by molar-refractivity contribution is -0.140. The molecule has 0 saturated carbocycles. The number of amides is 2. The van der Waals surface area contributed by atoms with E-state index in [-0.39, 0.29) is 17.3 Å². The molecule has 2 amide bonds.